The van der Waals surface area contributed by atoms with Crippen LogP contribution in [0.5, 0.6) is 0 Å². The minimum atomic E-state index is -3.65. The molecule has 1 aromatic heterocycles. The molecule has 1 saturated heterocycles. The van der Waals surface area contributed by atoms with Crippen molar-refractivity contribution in [3.8, 4) is 0 Å². The van der Waals surface area contributed by atoms with Crippen molar-refractivity contribution in [2.45, 2.75) is 46.1 Å². The predicted octanol–water partition coefficient (Wildman–Crippen LogP) is 2.51. The number of aromatic nitrogens is 3. The number of piperazine rings is 1. The second-order valence-corrected chi connectivity index (χ2v) is 10.3. The smallest absolute Gasteiger partial charge is 0.244 e. The average Bonchev–Trinajstić information content (AvgIpc) is 3.19. The van der Waals surface area contributed by atoms with Crippen LogP contribution in [0.1, 0.15) is 27.8 Å². The number of carbonyl (C=O) groups is 1. The topological polar surface area (TPSA) is 88.4 Å². The maximum Gasteiger partial charge on any atom is 0.244 e. The molecule has 0 bridgehead atoms. The van der Waals surface area contributed by atoms with E-state index in [2.05, 4.69) is 10.3 Å². The number of benzene rings is 2. The Balaban J connectivity index is 1.49. The van der Waals surface area contributed by atoms with Crippen molar-refractivity contribution in [3.63, 3.8) is 0 Å². The zero-order chi connectivity index (χ0) is 23.2. The van der Waals surface area contributed by atoms with Crippen LogP contribution in [0.3, 0.4) is 0 Å². The Hall–Kier alpha value is -2.78. The summed E-state index contributed by atoms with van der Waals surface area (Å²) in [7, 11) is -3.65. The van der Waals surface area contributed by atoms with Gasteiger partial charge in [-0.1, -0.05) is 17.3 Å². The quantitative estimate of drug-likeness (QED) is 0.603. The maximum atomic E-state index is 13.5. The summed E-state index contributed by atoms with van der Waals surface area (Å²) in [4.78, 5) is 15.0. The van der Waals surface area contributed by atoms with Crippen LogP contribution in [-0.2, 0) is 21.4 Å². The molecule has 0 radical (unpaired) electrons. The Labute approximate surface area is 188 Å². The van der Waals surface area contributed by atoms with E-state index in [4.69, 9.17) is 0 Å². The van der Waals surface area contributed by atoms with Crippen molar-refractivity contribution < 1.29 is 13.2 Å². The fourth-order valence-corrected chi connectivity index (χ4v) is 6.40. The van der Waals surface area contributed by atoms with Gasteiger partial charge in [0.05, 0.1) is 10.4 Å². The third kappa shape index (κ3) is 3.69. The van der Waals surface area contributed by atoms with E-state index in [0.29, 0.717) is 18.0 Å². The first-order chi connectivity index (χ1) is 15.1. The molecule has 0 N–H and O–H groups in total. The summed E-state index contributed by atoms with van der Waals surface area (Å²) in [5.41, 5.74) is 6.32. The molecule has 2 aromatic carbocycles. The molecule has 0 atom stereocenters. The van der Waals surface area contributed by atoms with Gasteiger partial charge in [0.2, 0.25) is 15.9 Å². The van der Waals surface area contributed by atoms with E-state index in [9.17, 15) is 13.2 Å². The number of hydrogen-bond acceptors (Lipinski definition) is 5. The Morgan fingerprint density at radius 2 is 1.44 bits per heavy atom. The van der Waals surface area contributed by atoms with E-state index in [1.54, 1.807) is 9.58 Å². The highest BCUT2D eigenvalue weighted by atomic mass is 32.2. The van der Waals surface area contributed by atoms with Gasteiger partial charge in [0.25, 0.3) is 0 Å². The Morgan fingerprint density at radius 3 is 2.06 bits per heavy atom. The molecule has 1 aliphatic rings. The minimum Gasteiger partial charge on any atom is -0.338 e. The monoisotopic (exact) mass is 455 g/mol. The molecule has 9 heteroatoms. The van der Waals surface area contributed by atoms with Crippen molar-refractivity contribution in [3.05, 3.63) is 52.1 Å². The molecule has 0 spiro atoms. The number of sulfonamides is 1. The highest BCUT2D eigenvalue weighted by Crippen LogP contribution is 2.32. The Morgan fingerprint density at radius 1 is 0.875 bits per heavy atom. The first-order valence-electron chi connectivity index (χ1n) is 10.8. The molecular formula is C23H29N5O3S. The summed E-state index contributed by atoms with van der Waals surface area (Å²) in [5.74, 6) is -0.0907. The molecule has 3 aromatic rings. The number of rotatable bonds is 4. The van der Waals surface area contributed by atoms with Gasteiger partial charge in [0.1, 0.15) is 12.1 Å². The minimum absolute atomic E-state index is 0.0851. The molecule has 4 rings (SSSR count). The first kappa shape index (κ1) is 22.4. The number of para-hydroxylation sites is 1. The standard InChI is InChI=1S/C23H29N5O3S/c1-15-16(2)18(4)23(19(5)17(15)3)32(30,31)27-12-10-26(11-13-27)22(29)14-28-21-9-7-6-8-20(21)24-25-28/h6-9H,10-14H2,1-5H3. The van der Waals surface area contributed by atoms with Gasteiger partial charge in [-0.15, -0.1) is 5.10 Å². The summed E-state index contributed by atoms with van der Waals surface area (Å²) in [5, 5.41) is 8.17. The van der Waals surface area contributed by atoms with E-state index in [1.165, 1.54) is 4.31 Å². The van der Waals surface area contributed by atoms with Crippen LogP contribution in [-0.4, -0.2) is 64.7 Å². The van der Waals surface area contributed by atoms with Gasteiger partial charge in [-0.25, -0.2) is 13.1 Å². The molecule has 170 valence electrons. The maximum absolute atomic E-state index is 13.5. The van der Waals surface area contributed by atoms with E-state index >= 15 is 0 Å². The normalized spacial score (nSPS) is 15.5. The summed E-state index contributed by atoms with van der Waals surface area (Å²) >= 11 is 0. The SMILES string of the molecule is Cc1c(C)c(C)c(S(=O)(=O)N2CCN(C(=O)Cn3nnc4ccccc43)CC2)c(C)c1C. The van der Waals surface area contributed by atoms with Crippen molar-refractivity contribution in [1.29, 1.82) is 0 Å². The number of amides is 1. The highest BCUT2D eigenvalue weighted by Gasteiger charge is 2.33. The lowest BCUT2D eigenvalue weighted by atomic mass is 9.95. The van der Waals surface area contributed by atoms with Crippen molar-refractivity contribution >= 4 is 27.0 Å². The predicted molar refractivity (Wildman–Crippen MR) is 123 cm³/mol. The van der Waals surface area contributed by atoms with Crippen molar-refractivity contribution in [2.24, 2.45) is 0 Å². The molecule has 8 nitrogen and oxygen atoms in total. The molecule has 32 heavy (non-hydrogen) atoms. The molecule has 0 unspecified atom stereocenters. The van der Waals surface area contributed by atoms with Crippen molar-refractivity contribution in [1.82, 2.24) is 24.2 Å². The van der Waals surface area contributed by atoms with Crippen LogP contribution < -0.4 is 0 Å². The zero-order valence-electron chi connectivity index (χ0n) is 19.2. The molecule has 0 aliphatic carbocycles. The lowest BCUT2D eigenvalue weighted by Crippen LogP contribution is -2.51. The van der Waals surface area contributed by atoms with Gasteiger partial charge < -0.3 is 4.90 Å². The Kier molecular flexibility index (Phi) is 5.81. The second-order valence-electron chi connectivity index (χ2n) is 8.47. The average molecular weight is 456 g/mol. The number of hydrogen-bond donors (Lipinski definition) is 0. The molecule has 1 amide bonds. The van der Waals surface area contributed by atoms with Crippen LogP contribution >= 0.6 is 0 Å². The second kappa shape index (κ2) is 8.29. The van der Waals surface area contributed by atoms with Gasteiger partial charge in [-0.3, -0.25) is 4.79 Å². The molecule has 1 fully saturated rings. The highest BCUT2D eigenvalue weighted by molar-refractivity contribution is 7.89. The fraction of sp³-hybridized carbons (Fsp3) is 0.435. The molecule has 2 heterocycles. The zero-order valence-corrected chi connectivity index (χ0v) is 20.0. The van der Waals surface area contributed by atoms with Crippen LogP contribution in [0.4, 0.5) is 0 Å². The number of nitrogens with zero attached hydrogens (tertiary/aromatic N) is 5. The van der Waals surface area contributed by atoms with Gasteiger partial charge in [0, 0.05) is 26.2 Å². The Bertz CT molecular complexity index is 1280. The van der Waals surface area contributed by atoms with E-state index in [1.807, 2.05) is 58.9 Å². The van der Waals surface area contributed by atoms with Crippen LogP contribution in [0.15, 0.2) is 29.2 Å². The van der Waals surface area contributed by atoms with Gasteiger partial charge in [-0.2, -0.15) is 4.31 Å². The van der Waals surface area contributed by atoms with E-state index in [0.717, 1.165) is 38.9 Å². The summed E-state index contributed by atoms with van der Waals surface area (Å²) in [6.45, 7) is 11.1. The molecule has 0 saturated carbocycles. The van der Waals surface area contributed by atoms with Crippen LogP contribution in [0.25, 0.3) is 11.0 Å². The van der Waals surface area contributed by atoms with Crippen LogP contribution in [0.2, 0.25) is 0 Å². The van der Waals surface area contributed by atoms with Gasteiger partial charge in [0.15, 0.2) is 0 Å². The largest absolute Gasteiger partial charge is 0.338 e. The van der Waals surface area contributed by atoms with E-state index in [-0.39, 0.29) is 25.5 Å². The summed E-state index contributed by atoms with van der Waals surface area (Å²) in [6, 6.07) is 7.49. The van der Waals surface area contributed by atoms with Gasteiger partial charge in [-0.05, 0) is 74.6 Å². The summed E-state index contributed by atoms with van der Waals surface area (Å²) in [6.07, 6.45) is 0. The fourth-order valence-electron chi connectivity index (χ4n) is 4.42. The first-order valence-corrected chi connectivity index (χ1v) is 12.2. The lowest BCUT2D eigenvalue weighted by Gasteiger charge is -2.35. The summed E-state index contributed by atoms with van der Waals surface area (Å²) < 4.78 is 30.1. The van der Waals surface area contributed by atoms with Crippen LogP contribution in [0, 0.1) is 34.6 Å². The number of carbonyl (C=O) groups excluding carboxylic acids is 1. The van der Waals surface area contributed by atoms with E-state index < -0.39 is 10.0 Å². The molecule has 1 aliphatic heterocycles. The third-order valence-electron chi connectivity index (χ3n) is 6.83. The van der Waals surface area contributed by atoms with Crippen molar-refractivity contribution in [2.75, 3.05) is 26.2 Å². The van der Waals surface area contributed by atoms with Gasteiger partial charge >= 0.3 is 0 Å². The molecular weight excluding hydrogens is 426 g/mol. The third-order valence-corrected chi connectivity index (χ3v) is 9.00. The lowest BCUT2D eigenvalue weighted by molar-refractivity contribution is -0.133. The number of fused-ring (bicyclic) bond motifs is 1.